The topological polar surface area (TPSA) is 30.5 Å². The van der Waals surface area contributed by atoms with E-state index in [1.165, 1.54) is 0 Å². The molecule has 0 aromatic carbocycles. The Hall–Kier alpha value is -0.120. The number of rotatable bonds is 1. The third-order valence-electron chi connectivity index (χ3n) is 3.66. The highest BCUT2D eigenvalue weighted by molar-refractivity contribution is 5.03. The molecule has 2 heterocycles. The van der Waals surface area contributed by atoms with Crippen molar-refractivity contribution in [2.45, 2.75) is 38.9 Å². The van der Waals surface area contributed by atoms with E-state index in [1.54, 1.807) is 0 Å². The zero-order valence-electron chi connectivity index (χ0n) is 9.43. The van der Waals surface area contributed by atoms with Gasteiger partial charge in [0, 0.05) is 18.5 Å². The fourth-order valence-electron chi connectivity index (χ4n) is 2.35. The monoisotopic (exact) mass is 199 g/mol. The van der Waals surface area contributed by atoms with E-state index < -0.39 is 0 Å². The molecule has 0 aromatic heterocycles. The second-order valence-electron chi connectivity index (χ2n) is 5.15. The van der Waals surface area contributed by atoms with E-state index in [2.05, 4.69) is 26.1 Å². The second kappa shape index (κ2) is 3.47. The van der Waals surface area contributed by atoms with Crippen molar-refractivity contribution < 1.29 is 9.47 Å². The molecule has 3 heteroatoms. The van der Waals surface area contributed by atoms with Gasteiger partial charge in [0.05, 0.1) is 19.3 Å². The molecule has 3 nitrogen and oxygen atoms in total. The maximum atomic E-state index is 6.21. The number of hydrogen-bond donors (Lipinski definition) is 1. The maximum absolute atomic E-state index is 6.21. The molecule has 0 aromatic rings. The number of hydrogen-bond acceptors (Lipinski definition) is 3. The van der Waals surface area contributed by atoms with Gasteiger partial charge < -0.3 is 14.8 Å². The summed E-state index contributed by atoms with van der Waals surface area (Å²) in [5, 5.41) is 3.47. The first-order chi connectivity index (χ1) is 6.60. The van der Waals surface area contributed by atoms with Gasteiger partial charge in [0.1, 0.15) is 5.60 Å². The van der Waals surface area contributed by atoms with E-state index in [0.29, 0.717) is 6.10 Å². The van der Waals surface area contributed by atoms with E-state index in [-0.39, 0.29) is 11.0 Å². The maximum Gasteiger partial charge on any atom is 0.111 e. The fourth-order valence-corrected chi connectivity index (χ4v) is 2.35. The fraction of sp³-hybridized carbons (Fsp3) is 1.00. The summed E-state index contributed by atoms with van der Waals surface area (Å²) in [6.07, 6.45) is 1.43. The Morgan fingerprint density at radius 1 is 1.36 bits per heavy atom. The van der Waals surface area contributed by atoms with Gasteiger partial charge in [-0.3, -0.25) is 0 Å². The highest BCUT2D eigenvalue weighted by atomic mass is 16.6. The molecule has 1 spiro atoms. The van der Waals surface area contributed by atoms with E-state index in [0.717, 1.165) is 32.7 Å². The van der Waals surface area contributed by atoms with E-state index in [4.69, 9.17) is 9.47 Å². The Kier molecular flexibility index (Phi) is 2.58. The zero-order valence-corrected chi connectivity index (χ0v) is 9.43. The Bertz CT molecular complexity index is 217. The van der Waals surface area contributed by atoms with Gasteiger partial charge in [0.25, 0.3) is 0 Å². The van der Waals surface area contributed by atoms with Gasteiger partial charge in [-0.25, -0.2) is 0 Å². The third-order valence-corrected chi connectivity index (χ3v) is 3.66. The molecular weight excluding hydrogens is 178 g/mol. The van der Waals surface area contributed by atoms with Crippen molar-refractivity contribution in [2.24, 2.45) is 5.41 Å². The molecule has 2 aliphatic rings. The predicted molar refractivity (Wildman–Crippen MR) is 55.4 cm³/mol. The van der Waals surface area contributed by atoms with Gasteiger partial charge in [-0.05, 0) is 6.42 Å². The summed E-state index contributed by atoms with van der Waals surface area (Å²) >= 11 is 0. The summed E-state index contributed by atoms with van der Waals surface area (Å²) in [6.45, 7) is 10.1. The largest absolute Gasteiger partial charge is 0.378 e. The molecule has 2 atom stereocenters. The molecule has 1 N–H and O–H groups in total. The Labute approximate surface area is 86.2 Å². The average molecular weight is 199 g/mol. The lowest BCUT2D eigenvalue weighted by molar-refractivity contribution is -0.155. The normalized spacial score (nSPS) is 41.8. The molecule has 2 aliphatic heterocycles. The first-order valence-corrected chi connectivity index (χ1v) is 5.56. The third kappa shape index (κ3) is 1.47. The van der Waals surface area contributed by atoms with Crippen LogP contribution in [0.4, 0.5) is 0 Å². The predicted octanol–water partition coefficient (Wildman–Crippen LogP) is 1.18. The second-order valence-corrected chi connectivity index (χ2v) is 5.15. The molecule has 0 saturated carbocycles. The summed E-state index contributed by atoms with van der Waals surface area (Å²) in [7, 11) is 0. The van der Waals surface area contributed by atoms with Crippen LogP contribution < -0.4 is 5.32 Å². The Morgan fingerprint density at radius 3 is 2.71 bits per heavy atom. The molecule has 82 valence electrons. The van der Waals surface area contributed by atoms with Crippen molar-refractivity contribution in [1.82, 2.24) is 5.32 Å². The van der Waals surface area contributed by atoms with Crippen molar-refractivity contribution in [1.29, 1.82) is 0 Å². The van der Waals surface area contributed by atoms with E-state index in [9.17, 15) is 0 Å². The minimum absolute atomic E-state index is 0.0913. The highest BCUT2D eigenvalue weighted by Gasteiger charge is 2.53. The molecule has 2 unspecified atom stereocenters. The summed E-state index contributed by atoms with van der Waals surface area (Å²) in [6, 6.07) is 0. The molecule has 2 fully saturated rings. The van der Waals surface area contributed by atoms with Crippen LogP contribution in [0.2, 0.25) is 0 Å². The molecule has 2 saturated heterocycles. The van der Waals surface area contributed by atoms with Gasteiger partial charge in [-0.2, -0.15) is 0 Å². The minimum Gasteiger partial charge on any atom is -0.378 e. The van der Waals surface area contributed by atoms with Gasteiger partial charge in [-0.1, -0.05) is 20.8 Å². The van der Waals surface area contributed by atoms with Crippen LogP contribution in [0.25, 0.3) is 0 Å². The van der Waals surface area contributed by atoms with Crippen LogP contribution in [-0.2, 0) is 9.47 Å². The molecule has 0 radical (unpaired) electrons. The van der Waals surface area contributed by atoms with Crippen molar-refractivity contribution >= 4 is 0 Å². The molecule has 0 bridgehead atoms. The van der Waals surface area contributed by atoms with Gasteiger partial charge in [0.15, 0.2) is 0 Å². The van der Waals surface area contributed by atoms with Crippen LogP contribution in [-0.4, -0.2) is 38.0 Å². The van der Waals surface area contributed by atoms with E-state index >= 15 is 0 Å². The quantitative estimate of drug-likeness (QED) is 0.688. The molecule has 2 rings (SSSR count). The van der Waals surface area contributed by atoms with Crippen molar-refractivity contribution in [3.8, 4) is 0 Å². The molecule has 14 heavy (non-hydrogen) atoms. The van der Waals surface area contributed by atoms with Crippen LogP contribution in [0.1, 0.15) is 27.2 Å². The van der Waals surface area contributed by atoms with Crippen molar-refractivity contribution in [2.75, 3.05) is 26.3 Å². The lowest BCUT2D eigenvalue weighted by Crippen LogP contribution is -2.60. The summed E-state index contributed by atoms with van der Waals surface area (Å²) in [5.74, 6) is 0. The first-order valence-electron chi connectivity index (χ1n) is 5.56. The van der Waals surface area contributed by atoms with Crippen LogP contribution in [0, 0.1) is 5.41 Å². The summed E-state index contributed by atoms with van der Waals surface area (Å²) in [5.41, 5.74) is 0.0414. The highest BCUT2D eigenvalue weighted by Crippen LogP contribution is 2.42. The lowest BCUT2D eigenvalue weighted by Gasteiger charge is -2.45. The zero-order chi connectivity index (χ0) is 10.2. The van der Waals surface area contributed by atoms with Crippen LogP contribution in [0.5, 0.6) is 0 Å². The number of morpholine rings is 1. The van der Waals surface area contributed by atoms with Gasteiger partial charge in [-0.15, -0.1) is 0 Å². The van der Waals surface area contributed by atoms with Gasteiger partial charge in [0.2, 0.25) is 0 Å². The van der Waals surface area contributed by atoms with Crippen LogP contribution >= 0.6 is 0 Å². The number of nitrogens with one attached hydrogen (secondary N) is 1. The van der Waals surface area contributed by atoms with Crippen LogP contribution in [0.3, 0.4) is 0 Å². The van der Waals surface area contributed by atoms with Crippen molar-refractivity contribution in [3.05, 3.63) is 0 Å². The minimum atomic E-state index is -0.0913. The SMILES string of the molecule is CCC1CNCC2(COCC2(C)C)O1. The Balaban J connectivity index is 2.14. The molecule has 0 amide bonds. The summed E-state index contributed by atoms with van der Waals surface area (Å²) < 4.78 is 11.8. The van der Waals surface area contributed by atoms with Gasteiger partial charge >= 0.3 is 0 Å². The van der Waals surface area contributed by atoms with E-state index in [1.807, 2.05) is 0 Å². The first kappa shape index (κ1) is 10.4. The Morgan fingerprint density at radius 2 is 2.14 bits per heavy atom. The average Bonchev–Trinajstić information content (AvgIpc) is 2.43. The molecule has 0 aliphatic carbocycles. The number of ether oxygens (including phenoxy) is 2. The van der Waals surface area contributed by atoms with Crippen LogP contribution in [0.15, 0.2) is 0 Å². The smallest absolute Gasteiger partial charge is 0.111 e. The standard InChI is InChI=1S/C11H21NO2/c1-4-9-5-12-6-11(14-9)8-13-7-10(11,2)3/h9,12H,4-8H2,1-3H3. The van der Waals surface area contributed by atoms with Crippen molar-refractivity contribution in [3.63, 3.8) is 0 Å². The molecular formula is C11H21NO2. The summed E-state index contributed by atoms with van der Waals surface area (Å²) in [4.78, 5) is 0. The lowest BCUT2D eigenvalue weighted by atomic mass is 9.76.